The number of hydrogen-bond donors (Lipinski definition) is 2. The lowest BCUT2D eigenvalue weighted by Crippen LogP contribution is -2.38. The van der Waals surface area contributed by atoms with Crippen LogP contribution in [0.4, 0.5) is 0 Å². The van der Waals surface area contributed by atoms with Gasteiger partial charge in [0.2, 0.25) is 0 Å². The Morgan fingerprint density at radius 3 is 2.47 bits per heavy atom. The van der Waals surface area contributed by atoms with Crippen molar-refractivity contribution in [2.24, 2.45) is 5.92 Å². The predicted octanol–water partition coefficient (Wildman–Crippen LogP) is 1.92. The van der Waals surface area contributed by atoms with Gasteiger partial charge in [0.25, 0.3) is 0 Å². The third-order valence-corrected chi connectivity index (χ3v) is 2.81. The second-order valence-corrected chi connectivity index (χ2v) is 4.07. The molecule has 0 amide bonds. The highest BCUT2D eigenvalue weighted by Crippen LogP contribution is 2.04. The maximum absolute atomic E-state index is 5.15. The molecule has 90 valence electrons. The first-order valence-electron chi connectivity index (χ1n) is 5.75. The molecule has 0 aromatic heterocycles. The van der Waals surface area contributed by atoms with E-state index < -0.39 is 0 Å². The van der Waals surface area contributed by atoms with Crippen LogP contribution >= 0.6 is 12.2 Å². The predicted molar refractivity (Wildman–Crippen MR) is 69.2 cm³/mol. The summed E-state index contributed by atoms with van der Waals surface area (Å²) in [6.07, 6.45) is 3.40. The molecule has 0 aliphatic carbocycles. The van der Waals surface area contributed by atoms with E-state index in [0.29, 0.717) is 0 Å². The normalized spacial score (nSPS) is 10.4. The van der Waals surface area contributed by atoms with Crippen LogP contribution in [0.3, 0.4) is 0 Å². The summed E-state index contributed by atoms with van der Waals surface area (Å²) in [4.78, 5) is 0. The highest BCUT2D eigenvalue weighted by atomic mass is 32.1. The Labute approximate surface area is 99.0 Å². The fourth-order valence-corrected chi connectivity index (χ4v) is 1.48. The van der Waals surface area contributed by atoms with Crippen molar-refractivity contribution in [2.45, 2.75) is 33.1 Å². The Morgan fingerprint density at radius 2 is 1.93 bits per heavy atom. The van der Waals surface area contributed by atoms with Crippen molar-refractivity contribution in [2.75, 3.05) is 26.8 Å². The maximum Gasteiger partial charge on any atom is 0.166 e. The minimum atomic E-state index is 0.726. The maximum atomic E-state index is 5.15. The molecule has 0 rings (SSSR count). The second kappa shape index (κ2) is 10.2. The third kappa shape index (κ3) is 8.63. The summed E-state index contributed by atoms with van der Waals surface area (Å²) in [5.41, 5.74) is 0. The van der Waals surface area contributed by atoms with Gasteiger partial charge in [0, 0.05) is 26.8 Å². The molecule has 3 nitrogen and oxygen atoms in total. The molecule has 0 heterocycles. The summed E-state index contributed by atoms with van der Waals surface area (Å²) in [6, 6.07) is 0. The Bertz CT molecular complexity index is 161. The molecule has 0 aromatic carbocycles. The van der Waals surface area contributed by atoms with Gasteiger partial charge in [0.1, 0.15) is 0 Å². The van der Waals surface area contributed by atoms with Crippen LogP contribution in [0.2, 0.25) is 0 Å². The van der Waals surface area contributed by atoms with E-state index >= 15 is 0 Å². The largest absolute Gasteiger partial charge is 0.385 e. The first kappa shape index (κ1) is 14.6. The summed E-state index contributed by atoms with van der Waals surface area (Å²) in [6.45, 7) is 7.06. The Morgan fingerprint density at radius 1 is 1.27 bits per heavy atom. The van der Waals surface area contributed by atoms with Crippen molar-refractivity contribution in [1.82, 2.24) is 10.6 Å². The van der Waals surface area contributed by atoms with Gasteiger partial charge in [0.05, 0.1) is 0 Å². The molecule has 0 fully saturated rings. The van der Waals surface area contributed by atoms with Crippen LogP contribution in [0.25, 0.3) is 0 Å². The lowest BCUT2D eigenvalue weighted by Gasteiger charge is -2.15. The summed E-state index contributed by atoms with van der Waals surface area (Å²) in [7, 11) is 1.71. The zero-order valence-electron chi connectivity index (χ0n) is 10.1. The standard InChI is InChI=1S/C11H24N2OS/c1-4-10(5-2)9-13-11(15)12-7-6-8-14-3/h10H,4-9H2,1-3H3,(H2,12,13,15). The number of nitrogens with one attached hydrogen (secondary N) is 2. The molecule has 0 aliphatic heterocycles. The van der Waals surface area contributed by atoms with Crippen molar-refractivity contribution >= 4 is 17.3 Å². The van der Waals surface area contributed by atoms with Gasteiger partial charge in [-0.1, -0.05) is 26.7 Å². The monoisotopic (exact) mass is 232 g/mol. The van der Waals surface area contributed by atoms with Crippen LogP contribution in [-0.4, -0.2) is 31.9 Å². The van der Waals surface area contributed by atoms with Gasteiger partial charge in [-0.25, -0.2) is 0 Å². The molecule has 0 saturated heterocycles. The van der Waals surface area contributed by atoms with Gasteiger partial charge in [-0.3, -0.25) is 0 Å². The molecule has 0 radical (unpaired) electrons. The molecule has 15 heavy (non-hydrogen) atoms. The molecule has 2 N–H and O–H groups in total. The topological polar surface area (TPSA) is 33.3 Å². The van der Waals surface area contributed by atoms with E-state index in [2.05, 4.69) is 24.5 Å². The molecule has 0 bridgehead atoms. The third-order valence-electron chi connectivity index (χ3n) is 2.52. The van der Waals surface area contributed by atoms with Crippen LogP contribution in [-0.2, 0) is 4.74 Å². The van der Waals surface area contributed by atoms with Crippen molar-refractivity contribution in [1.29, 1.82) is 0 Å². The van der Waals surface area contributed by atoms with E-state index in [1.54, 1.807) is 7.11 Å². The van der Waals surface area contributed by atoms with Crippen molar-refractivity contribution in [3.8, 4) is 0 Å². The van der Waals surface area contributed by atoms with Crippen LogP contribution < -0.4 is 10.6 Å². The smallest absolute Gasteiger partial charge is 0.166 e. The van der Waals surface area contributed by atoms with Crippen molar-refractivity contribution in [3.63, 3.8) is 0 Å². The fraction of sp³-hybridized carbons (Fsp3) is 0.909. The van der Waals surface area contributed by atoms with Gasteiger partial charge in [-0.05, 0) is 24.6 Å². The lowest BCUT2D eigenvalue weighted by molar-refractivity contribution is 0.195. The molecule has 0 saturated carbocycles. The lowest BCUT2D eigenvalue weighted by atomic mass is 10.0. The molecule has 0 unspecified atom stereocenters. The van der Waals surface area contributed by atoms with E-state index in [4.69, 9.17) is 17.0 Å². The van der Waals surface area contributed by atoms with Gasteiger partial charge < -0.3 is 15.4 Å². The number of methoxy groups -OCH3 is 1. The average Bonchev–Trinajstić information content (AvgIpc) is 2.26. The Kier molecular flexibility index (Phi) is 9.94. The minimum absolute atomic E-state index is 0.726. The first-order valence-corrected chi connectivity index (χ1v) is 6.16. The Hall–Kier alpha value is -0.350. The number of rotatable bonds is 8. The molecule has 0 aromatic rings. The SMILES string of the molecule is CCC(CC)CNC(=S)NCCCOC. The number of ether oxygens (including phenoxy) is 1. The number of hydrogen-bond acceptors (Lipinski definition) is 2. The van der Waals surface area contributed by atoms with E-state index in [9.17, 15) is 0 Å². The van der Waals surface area contributed by atoms with Crippen LogP contribution in [0.15, 0.2) is 0 Å². The summed E-state index contributed by atoms with van der Waals surface area (Å²) >= 11 is 5.15. The Balaban J connectivity index is 3.40. The first-order chi connectivity index (χ1) is 7.24. The van der Waals surface area contributed by atoms with E-state index in [-0.39, 0.29) is 0 Å². The van der Waals surface area contributed by atoms with Crippen LogP contribution in [0.1, 0.15) is 33.1 Å². The molecule has 0 spiro atoms. The summed E-state index contributed by atoms with van der Waals surface area (Å²) in [5.74, 6) is 0.726. The fourth-order valence-electron chi connectivity index (χ4n) is 1.30. The van der Waals surface area contributed by atoms with Crippen LogP contribution in [0.5, 0.6) is 0 Å². The van der Waals surface area contributed by atoms with E-state index in [0.717, 1.165) is 37.1 Å². The second-order valence-electron chi connectivity index (χ2n) is 3.67. The van der Waals surface area contributed by atoms with Crippen LogP contribution in [0, 0.1) is 5.92 Å². The van der Waals surface area contributed by atoms with Crippen molar-refractivity contribution in [3.05, 3.63) is 0 Å². The molecular formula is C11H24N2OS. The summed E-state index contributed by atoms with van der Waals surface area (Å²) in [5, 5.41) is 7.16. The van der Waals surface area contributed by atoms with Gasteiger partial charge in [-0.2, -0.15) is 0 Å². The zero-order chi connectivity index (χ0) is 11.5. The minimum Gasteiger partial charge on any atom is -0.385 e. The number of thiocarbonyl (C=S) groups is 1. The van der Waals surface area contributed by atoms with E-state index in [1.165, 1.54) is 12.8 Å². The van der Waals surface area contributed by atoms with Gasteiger partial charge in [-0.15, -0.1) is 0 Å². The molecule has 0 aliphatic rings. The zero-order valence-corrected chi connectivity index (χ0v) is 11.0. The van der Waals surface area contributed by atoms with Crippen molar-refractivity contribution < 1.29 is 4.74 Å². The molecule has 0 atom stereocenters. The van der Waals surface area contributed by atoms with Gasteiger partial charge >= 0.3 is 0 Å². The van der Waals surface area contributed by atoms with Gasteiger partial charge in [0.15, 0.2) is 5.11 Å². The molecule has 4 heteroatoms. The summed E-state index contributed by atoms with van der Waals surface area (Å²) < 4.78 is 4.95. The molecular weight excluding hydrogens is 208 g/mol. The average molecular weight is 232 g/mol. The highest BCUT2D eigenvalue weighted by Gasteiger charge is 2.03. The highest BCUT2D eigenvalue weighted by molar-refractivity contribution is 7.80. The van der Waals surface area contributed by atoms with E-state index in [1.807, 2.05) is 0 Å². The quantitative estimate of drug-likeness (QED) is 0.495.